The van der Waals surface area contributed by atoms with Crippen molar-refractivity contribution >= 4 is 67.9 Å². The summed E-state index contributed by atoms with van der Waals surface area (Å²) in [6.07, 6.45) is 0.516. The van der Waals surface area contributed by atoms with Crippen molar-refractivity contribution in [3.05, 3.63) is 214 Å². The quantitative estimate of drug-likeness (QED) is 0.0895. The first-order valence-electron chi connectivity index (χ1n) is 26.5. The van der Waals surface area contributed by atoms with Crippen LogP contribution in [-0.2, 0) is 28.6 Å². The molecule has 3 aliphatic heterocycles. The maximum atomic E-state index is 14.6. The van der Waals surface area contributed by atoms with Gasteiger partial charge in [0.15, 0.2) is 58.8 Å². The highest BCUT2D eigenvalue weighted by molar-refractivity contribution is 6.11. The second-order valence-corrected chi connectivity index (χ2v) is 19.7. The maximum Gasteiger partial charge on any atom is 0.340 e. The molecular weight excluding hydrogens is 1140 g/mol. The first kappa shape index (κ1) is 59.2. The van der Waals surface area contributed by atoms with Crippen LogP contribution < -0.4 is 14.7 Å². The largest absolute Gasteiger partial charge is 0.488 e. The molecule has 12 rings (SSSR count). The first-order valence-corrected chi connectivity index (χ1v) is 26.5. The summed E-state index contributed by atoms with van der Waals surface area (Å²) in [5.41, 5.74) is 6.29. The van der Waals surface area contributed by atoms with Crippen molar-refractivity contribution in [2.24, 2.45) is 0 Å². The molecule has 0 spiro atoms. The third kappa shape index (κ3) is 10.8. The van der Waals surface area contributed by atoms with Crippen LogP contribution in [0, 0.1) is 34.9 Å². The van der Waals surface area contributed by atoms with Gasteiger partial charge in [0.2, 0.25) is 0 Å². The number of ether oxygens (including phenoxy) is 3. The number of fused-ring (bicyclic) bond motifs is 3. The smallest absolute Gasteiger partial charge is 0.340 e. The predicted molar refractivity (Wildman–Crippen MR) is 296 cm³/mol. The van der Waals surface area contributed by atoms with E-state index in [1.165, 1.54) is 71.6 Å². The van der Waals surface area contributed by atoms with Crippen LogP contribution in [-0.4, -0.2) is 79.8 Å². The number of halogens is 10. The van der Waals surface area contributed by atoms with Crippen molar-refractivity contribution in [3.63, 3.8) is 0 Å². The fraction of sp³-hybridized carbons (Fsp3) is 0.213. The van der Waals surface area contributed by atoms with Gasteiger partial charge in [0.25, 0.3) is 17.7 Å². The van der Waals surface area contributed by atoms with Crippen LogP contribution in [0.25, 0.3) is 33.1 Å². The topological polar surface area (TPSA) is 175 Å². The second-order valence-electron chi connectivity index (χ2n) is 19.7. The average Bonchev–Trinajstić information content (AvgIpc) is 1.69. The number of nitrogens with one attached hydrogen (secondary N) is 3. The second kappa shape index (κ2) is 24.0. The Balaban J connectivity index is 0.000000144. The van der Waals surface area contributed by atoms with Gasteiger partial charge in [0.1, 0.15) is 0 Å². The highest BCUT2D eigenvalue weighted by atomic mass is 19.3. The Bertz CT molecular complexity index is 4040. The molecule has 9 aromatic rings. The molecule has 3 amide bonds. The summed E-state index contributed by atoms with van der Waals surface area (Å²) in [6, 6.07) is 23.5. The maximum absolute atomic E-state index is 14.6. The van der Waals surface area contributed by atoms with Gasteiger partial charge in [-0.15, -0.1) is 0 Å². The Morgan fingerprint density at radius 1 is 0.477 bits per heavy atom. The van der Waals surface area contributed by atoms with Gasteiger partial charge in [-0.2, -0.15) is 8.78 Å². The monoisotopic (exact) mass is 1190 g/mol. The Kier molecular flexibility index (Phi) is 16.5. The molecule has 0 saturated heterocycles. The van der Waals surface area contributed by atoms with Crippen LogP contribution in [0.3, 0.4) is 0 Å². The molecule has 86 heavy (non-hydrogen) atoms. The molecule has 3 aliphatic rings. The van der Waals surface area contributed by atoms with E-state index in [-0.39, 0.29) is 51.3 Å². The van der Waals surface area contributed by atoms with Gasteiger partial charge in [0, 0.05) is 50.5 Å². The molecular formula is C61H49F10N9O6. The fourth-order valence-electron chi connectivity index (χ4n) is 10.5. The zero-order valence-corrected chi connectivity index (χ0v) is 46.0. The Hall–Kier alpha value is -9.94. The number of hydrogen-bond donors (Lipinski definition) is 3. The Morgan fingerprint density at radius 2 is 0.779 bits per heavy atom. The van der Waals surface area contributed by atoms with Crippen LogP contribution in [0.4, 0.5) is 61.0 Å². The lowest BCUT2D eigenvalue weighted by atomic mass is 9.99. The molecule has 0 radical (unpaired) electrons. The number of amides is 3. The summed E-state index contributed by atoms with van der Waals surface area (Å²) in [6.45, 7) is 7.08. The summed E-state index contributed by atoms with van der Waals surface area (Å²) < 4.78 is 153. The van der Waals surface area contributed by atoms with Gasteiger partial charge in [-0.1, -0.05) is 36.4 Å². The zero-order chi connectivity index (χ0) is 61.5. The summed E-state index contributed by atoms with van der Waals surface area (Å²) >= 11 is 0. The SMILES string of the molecule is CC1=C(OCC(F)(F)C(F)F)C(=O)N(c2ccc3nc[nH]c3c2)C1c1cccc(F)c1F.CCOC1=C(C)C(c2cccc(F)c2F)N(c2ccc3nc[nH]c3c2)C1=O.CCOC1=C(C)C(c2cccc(F)c2F)N(c2ccc3nc[nH]c3c2)C1=O. The number of rotatable bonds is 14. The molecule has 3 aromatic heterocycles. The van der Waals surface area contributed by atoms with Crippen molar-refractivity contribution in [1.29, 1.82) is 0 Å². The summed E-state index contributed by atoms with van der Waals surface area (Å²) in [5, 5.41) is 0. The third-order valence-electron chi connectivity index (χ3n) is 14.5. The van der Waals surface area contributed by atoms with Crippen molar-refractivity contribution in [2.45, 2.75) is 65.1 Å². The molecule has 0 saturated carbocycles. The molecule has 25 heteroatoms. The minimum atomic E-state index is -4.50. The van der Waals surface area contributed by atoms with Gasteiger partial charge in [-0.3, -0.25) is 29.1 Å². The number of carbonyl (C=O) groups excluding carboxylic acids is 3. The van der Waals surface area contributed by atoms with Crippen LogP contribution in [0.5, 0.6) is 0 Å². The van der Waals surface area contributed by atoms with Crippen LogP contribution in [0.2, 0.25) is 0 Å². The lowest BCUT2D eigenvalue weighted by Gasteiger charge is -2.27. The molecule has 6 heterocycles. The number of H-pyrrole nitrogens is 3. The van der Waals surface area contributed by atoms with Crippen LogP contribution in [0.1, 0.15) is 69.4 Å². The molecule has 444 valence electrons. The molecule has 3 unspecified atom stereocenters. The molecule has 15 nitrogen and oxygen atoms in total. The van der Waals surface area contributed by atoms with E-state index in [2.05, 4.69) is 29.9 Å². The number of carbonyl (C=O) groups is 3. The average molecular weight is 1190 g/mol. The standard InChI is InChI=1S/C21H15F6N3O2.2C20H17F2N3O2/c1-10-17(12-3-2-4-13(22)16(12)23)30(11-5-6-14-15(7-11)29-9-28-14)19(31)18(10)32-8-21(26,27)20(24)25;2*1-3-27-19-11(2)18(13-5-4-6-14(21)17(13)22)25(20(19)26)12-7-8-15-16(9-12)24-10-23-15/h2-7,9,17,20H,8H2,1H3,(H,28,29);2*4-10,18H,3H2,1-2H3,(H,23,24). The minimum absolute atomic E-state index is 0.0331. The molecule has 3 N–H and O–H groups in total. The predicted octanol–water partition coefficient (Wildman–Crippen LogP) is 13.6. The molecule has 0 fully saturated rings. The van der Waals surface area contributed by atoms with Crippen molar-refractivity contribution in [2.75, 3.05) is 34.5 Å². The van der Waals surface area contributed by atoms with E-state index in [0.29, 0.717) is 46.8 Å². The minimum Gasteiger partial charge on any atom is -0.488 e. The number of benzene rings is 6. The van der Waals surface area contributed by atoms with Gasteiger partial charge in [-0.25, -0.2) is 50.1 Å². The van der Waals surface area contributed by atoms with E-state index in [9.17, 15) is 58.3 Å². The van der Waals surface area contributed by atoms with Crippen molar-refractivity contribution in [3.8, 4) is 0 Å². The summed E-state index contributed by atoms with van der Waals surface area (Å²) in [5.74, 6) is -12.8. The van der Waals surface area contributed by atoms with E-state index in [1.54, 1.807) is 82.8 Å². The molecule has 6 aromatic carbocycles. The number of alkyl halides is 4. The van der Waals surface area contributed by atoms with E-state index in [4.69, 9.17) is 14.2 Å². The summed E-state index contributed by atoms with van der Waals surface area (Å²) in [4.78, 5) is 64.3. The van der Waals surface area contributed by atoms with E-state index >= 15 is 0 Å². The van der Waals surface area contributed by atoms with E-state index in [1.807, 2.05) is 0 Å². The Morgan fingerprint density at radius 3 is 1.07 bits per heavy atom. The van der Waals surface area contributed by atoms with Crippen LogP contribution >= 0.6 is 0 Å². The number of nitrogens with zero attached hydrogens (tertiary/aromatic N) is 6. The number of imidazole rings is 3. The summed E-state index contributed by atoms with van der Waals surface area (Å²) in [7, 11) is 0. The number of anilines is 3. The molecule has 0 aliphatic carbocycles. The lowest BCUT2D eigenvalue weighted by Crippen LogP contribution is -2.34. The van der Waals surface area contributed by atoms with Crippen molar-refractivity contribution in [1.82, 2.24) is 29.9 Å². The van der Waals surface area contributed by atoms with Gasteiger partial charge in [0.05, 0.1) is 83.4 Å². The highest BCUT2D eigenvalue weighted by Crippen LogP contribution is 2.46. The fourth-order valence-corrected chi connectivity index (χ4v) is 10.5. The van der Waals surface area contributed by atoms with E-state index < -0.39 is 83.7 Å². The number of aromatic amines is 3. The first-order chi connectivity index (χ1) is 41.2. The normalized spacial score (nSPS) is 17.2. The number of aromatic nitrogens is 6. The zero-order valence-electron chi connectivity index (χ0n) is 46.0. The van der Waals surface area contributed by atoms with Crippen molar-refractivity contribution < 1.29 is 72.5 Å². The molecule has 3 atom stereocenters. The lowest BCUT2D eigenvalue weighted by molar-refractivity contribution is -0.159. The van der Waals surface area contributed by atoms with Gasteiger partial charge < -0.3 is 29.2 Å². The number of hydrogen-bond acceptors (Lipinski definition) is 9. The third-order valence-corrected chi connectivity index (χ3v) is 14.5. The highest BCUT2D eigenvalue weighted by Gasteiger charge is 2.47. The van der Waals surface area contributed by atoms with Gasteiger partial charge in [-0.05, 0) is 107 Å². The van der Waals surface area contributed by atoms with Gasteiger partial charge >= 0.3 is 12.3 Å². The Labute approximate surface area is 482 Å². The van der Waals surface area contributed by atoms with Crippen LogP contribution in [0.15, 0.2) is 162 Å². The molecule has 0 bridgehead atoms. The van der Waals surface area contributed by atoms with E-state index in [0.717, 1.165) is 45.2 Å².